The molecule has 3 unspecified atom stereocenters. The van der Waals surface area contributed by atoms with Gasteiger partial charge in [0.25, 0.3) is 11.8 Å². The molecule has 4 heterocycles. The third-order valence-corrected chi connectivity index (χ3v) is 8.50. The van der Waals surface area contributed by atoms with Gasteiger partial charge in [-0.3, -0.25) is 24.4 Å². The number of benzene rings is 1. The Bertz CT molecular complexity index is 1610. The number of aryl methyl sites for hydroxylation is 1. The number of likely N-dealkylation sites (tertiary alicyclic amines) is 1. The van der Waals surface area contributed by atoms with Crippen LogP contribution in [0.4, 0.5) is 30.8 Å². The van der Waals surface area contributed by atoms with Gasteiger partial charge in [0.05, 0.1) is 31.1 Å². The van der Waals surface area contributed by atoms with Gasteiger partial charge in [0.1, 0.15) is 17.0 Å². The van der Waals surface area contributed by atoms with Crippen LogP contribution in [0.2, 0.25) is 0 Å². The fourth-order valence-corrected chi connectivity index (χ4v) is 5.86. The second kappa shape index (κ2) is 10.9. The summed E-state index contributed by atoms with van der Waals surface area (Å²) in [5, 5.41) is 12.4. The highest BCUT2D eigenvalue weighted by Gasteiger charge is 2.65. The van der Waals surface area contributed by atoms with Crippen molar-refractivity contribution in [3.05, 3.63) is 72.2 Å². The fraction of sp³-hybridized carbons (Fsp3) is 0.321. The van der Waals surface area contributed by atoms with Crippen LogP contribution in [-0.2, 0) is 20.7 Å². The molecular weight excluding hydrogens is 611 g/mol. The lowest BCUT2D eigenvalue weighted by atomic mass is 10.0. The van der Waals surface area contributed by atoms with Crippen molar-refractivity contribution in [3.8, 4) is 12.1 Å². The molecule has 2 amide bonds. The first-order valence-electron chi connectivity index (χ1n) is 13.4. The van der Waals surface area contributed by atoms with Crippen LogP contribution in [0.3, 0.4) is 0 Å². The Balaban J connectivity index is 1.60. The van der Waals surface area contributed by atoms with Gasteiger partial charge < -0.3 is 14.8 Å². The number of methoxy groups -OCH3 is 1. The average Bonchev–Trinajstić information content (AvgIpc) is 3.42. The van der Waals surface area contributed by atoms with Crippen LogP contribution in [-0.4, -0.2) is 59.1 Å². The molecule has 1 aromatic carbocycles. The number of nitrogens with zero attached hydrogens (tertiary/aromatic N) is 5. The lowest BCUT2D eigenvalue weighted by molar-refractivity contribution is -0.126. The molecule has 0 saturated carbocycles. The molecule has 0 aliphatic carbocycles. The van der Waals surface area contributed by atoms with E-state index in [4.69, 9.17) is 9.47 Å². The van der Waals surface area contributed by atoms with Gasteiger partial charge in [-0.05, 0) is 49.2 Å². The number of rotatable bonds is 8. The normalized spacial score (nSPS) is 20.2. The molecule has 0 spiro atoms. The molecule has 0 radical (unpaired) electrons. The molecule has 234 valence electrons. The fourth-order valence-electron chi connectivity index (χ4n) is 5.21. The van der Waals surface area contributed by atoms with Gasteiger partial charge in [-0.25, -0.2) is 4.98 Å². The van der Waals surface area contributed by atoms with Crippen molar-refractivity contribution in [2.24, 2.45) is 0 Å². The number of nitrogens with one attached hydrogen (secondary N) is 1. The monoisotopic (exact) mass is 638 g/mol. The molecular formula is C28H27F5N6O4S. The predicted octanol–water partition coefficient (Wildman–Crippen LogP) is 5.74. The number of aromatic nitrogens is 2. The largest absolute Gasteiger partial charge is 0.477 e. The molecule has 1 fully saturated rings. The van der Waals surface area contributed by atoms with Crippen molar-refractivity contribution >= 4 is 33.4 Å². The molecule has 0 bridgehead atoms. The predicted molar refractivity (Wildman–Crippen MR) is 151 cm³/mol. The Morgan fingerprint density at radius 2 is 1.93 bits per heavy atom. The standard InChI is InChI=1S/C28H27F5N6O4S/c1-42-22-13-24(38(16-22)17-34)28(41)39(21-6-8-23(9-7-21)44(29,30,31,32)33)25(19-4-2-10-35-14-19)26(40)37-20-12-18-5-3-11-43-27(18)36-15-20/h2,4,6-10,12,14-15,22,24-25H,3,5,11,13,16H2,1H3,(H,37,40). The Hall–Kier alpha value is -4.49. The highest BCUT2D eigenvalue weighted by Crippen LogP contribution is 3.02. The second-order valence-electron chi connectivity index (χ2n) is 10.4. The summed E-state index contributed by atoms with van der Waals surface area (Å²) in [6.07, 6.45) is 6.85. The first-order valence-corrected chi connectivity index (χ1v) is 15.3. The Labute approximate surface area is 249 Å². The van der Waals surface area contributed by atoms with Crippen LogP contribution >= 0.6 is 10.2 Å². The Morgan fingerprint density at radius 3 is 2.57 bits per heavy atom. The third-order valence-electron chi connectivity index (χ3n) is 7.34. The highest BCUT2D eigenvalue weighted by molar-refractivity contribution is 8.45. The first kappa shape index (κ1) is 31.0. The number of fused-ring (bicyclic) bond motifs is 1. The van der Waals surface area contributed by atoms with Crippen molar-refractivity contribution in [1.29, 1.82) is 5.26 Å². The Kier molecular flexibility index (Phi) is 7.67. The summed E-state index contributed by atoms with van der Waals surface area (Å²) >= 11 is 0. The second-order valence-corrected chi connectivity index (χ2v) is 12.8. The molecule has 2 aliphatic heterocycles. The molecule has 2 aliphatic rings. The maximum absolute atomic E-state index is 14.2. The lowest BCUT2D eigenvalue weighted by Crippen LogP contribution is -2.49. The van der Waals surface area contributed by atoms with Gasteiger partial charge in [0.15, 0.2) is 6.19 Å². The molecule has 3 aromatic rings. The smallest absolute Gasteiger partial charge is 0.310 e. The number of hydrogen-bond donors (Lipinski definition) is 1. The van der Waals surface area contributed by atoms with E-state index in [-0.39, 0.29) is 42.0 Å². The zero-order valence-electron chi connectivity index (χ0n) is 23.2. The molecule has 44 heavy (non-hydrogen) atoms. The zero-order valence-corrected chi connectivity index (χ0v) is 24.0. The van der Waals surface area contributed by atoms with Crippen LogP contribution in [0.1, 0.15) is 30.0 Å². The number of carbonyl (C=O) groups is 2. The van der Waals surface area contributed by atoms with Gasteiger partial charge in [-0.15, -0.1) is 0 Å². The van der Waals surface area contributed by atoms with Crippen LogP contribution in [0.25, 0.3) is 0 Å². The maximum atomic E-state index is 14.2. The minimum absolute atomic E-state index is 0.0268. The van der Waals surface area contributed by atoms with Crippen molar-refractivity contribution in [1.82, 2.24) is 14.9 Å². The number of hydrogen-bond acceptors (Lipinski definition) is 8. The van der Waals surface area contributed by atoms with Gasteiger partial charge in [-0.2, -0.15) is 5.26 Å². The SMILES string of the molecule is COC1CC(C(=O)N(c2ccc(S(F)(F)(F)(F)F)cc2)C(C(=O)Nc2cnc3c(c2)CCCO3)c2cccnc2)N(C#N)C1. The van der Waals surface area contributed by atoms with Crippen molar-refractivity contribution in [3.63, 3.8) is 0 Å². The first-order chi connectivity index (χ1) is 20.7. The summed E-state index contributed by atoms with van der Waals surface area (Å²) in [6, 6.07) is 3.62. The van der Waals surface area contributed by atoms with E-state index in [1.165, 1.54) is 37.8 Å². The molecule has 3 atom stereocenters. The zero-order chi connectivity index (χ0) is 31.8. The maximum Gasteiger partial charge on any atom is 0.310 e. The van der Waals surface area contributed by atoms with E-state index in [0.29, 0.717) is 31.0 Å². The minimum atomic E-state index is -10.1. The van der Waals surface area contributed by atoms with E-state index in [1.807, 2.05) is 6.19 Å². The summed E-state index contributed by atoms with van der Waals surface area (Å²) < 4.78 is 78.6. The molecule has 1 N–H and O–H groups in total. The van der Waals surface area contributed by atoms with Gasteiger partial charge >= 0.3 is 10.2 Å². The quantitative estimate of drug-likeness (QED) is 0.245. The molecule has 1 saturated heterocycles. The topological polar surface area (TPSA) is 121 Å². The van der Waals surface area contributed by atoms with Gasteiger partial charge in [-0.1, -0.05) is 25.5 Å². The van der Waals surface area contributed by atoms with E-state index >= 15 is 0 Å². The van der Waals surface area contributed by atoms with E-state index < -0.39 is 45.1 Å². The highest BCUT2D eigenvalue weighted by atomic mass is 32.5. The van der Waals surface area contributed by atoms with Crippen LogP contribution in [0.15, 0.2) is 66.0 Å². The van der Waals surface area contributed by atoms with E-state index in [9.17, 15) is 34.3 Å². The van der Waals surface area contributed by atoms with Crippen molar-refractivity contribution in [2.45, 2.75) is 42.3 Å². The van der Waals surface area contributed by atoms with E-state index in [0.717, 1.165) is 21.8 Å². The number of nitriles is 1. The van der Waals surface area contributed by atoms with E-state index in [1.54, 1.807) is 6.07 Å². The Morgan fingerprint density at radius 1 is 1.18 bits per heavy atom. The molecule has 5 rings (SSSR count). The molecule has 10 nitrogen and oxygen atoms in total. The minimum Gasteiger partial charge on any atom is -0.477 e. The number of pyridine rings is 2. The van der Waals surface area contributed by atoms with Crippen LogP contribution in [0, 0.1) is 11.5 Å². The number of halogens is 5. The van der Waals surface area contributed by atoms with E-state index in [2.05, 4.69) is 15.3 Å². The van der Waals surface area contributed by atoms with Crippen LogP contribution < -0.4 is 15.0 Å². The third kappa shape index (κ3) is 6.53. The van der Waals surface area contributed by atoms with Gasteiger partial charge in [0.2, 0.25) is 5.88 Å². The summed E-state index contributed by atoms with van der Waals surface area (Å²) in [4.78, 5) is 36.4. The average molecular weight is 639 g/mol. The van der Waals surface area contributed by atoms with Crippen molar-refractivity contribution in [2.75, 3.05) is 30.5 Å². The van der Waals surface area contributed by atoms with Crippen LogP contribution in [0.5, 0.6) is 5.88 Å². The molecule has 16 heteroatoms. The number of ether oxygens (including phenoxy) is 2. The number of carbonyl (C=O) groups excluding carboxylic acids is 2. The summed E-state index contributed by atoms with van der Waals surface area (Å²) in [5.41, 5.74) is 0.873. The summed E-state index contributed by atoms with van der Waals surface area (Å²) in [6.45, 7) is 0.546. The van der Waals surface area contributed by atoms with Gasteiger partial charge in [0, 0.05) is 42.7 Å². The summed E-state index contributed by atoms with van der Waals surface area (Å²) in [7, 11) is -8.66. The number of anilines is 2. The molecule has 2 aromatic heterocycles. The summed E-state index contributed by atoms with van der Waals surface area (Å²) in [5.74, 6) is -1.22. The lowest BCUT2D eigenvalue weighted by Gasteiger charge is -2.41. The number of amides is 2. The van der Waals surface area contributed by atoms with Crippen molar-refractivity contribution < 1.29 is 38.5 Å².